The average Bonchev–Trinajstić information content (AvgIpc) is 2.61. The minimum Gasteiger partial charge on any atom is -0.388 e. The highest BCUT2D eigenvalue weighted by atomic mass is 16.5. The first-order valence-corrected chi connectivity index (χ1v) is 5.76. The zero-order chi connectivity index (χ0) is 11.1. The molecule has 0 spiro atoms. The molecule has 0 radical (unpaired) electrons. The first-order chi connectivity index (χ1) is 7.22. The van der Waals surface area contributed by atoms with Crippen LogP contribution < -0.4 is 5.73 Å². The number of hydrogen-bond acceptors (Lipinski definition) is 3. The lowest BCUT2D eigenvalue weighted by Gasteiger charge is -2.15. The third-order valence-corrected chi connectivity index (χ3v) is 2.94. The number of nitrogens with zero attached hydrogens (tertiary/aromatic N) is 1. The van der Waals surface area contributed by atoms with Gasteiger partial charge in [-0.15, -0.1) is 0 Å². The summed E-state index contributed by atoms with van der Waals surface area (Å²) in [5.74, 6) is 1.04. The van der Waals surface area contributed by atoms with E-state index in [4.69, 9.17) is 15.9 Å². The summed E-state index contributed by atoms with van der Waals surface area (Å²) in [5, 5.41) is 7.12. The number of ether oxygens (including phenoxy) is 1. The van der Waals surface area contributed by atoms with Crippen molar-refractivity contribution in [1.29, 1.82) is 5.41 Å². The van der Waals surface area contributed by atoms with E-state index in [9.17, 15) is 0 Å². The number of nitrogens with one attached hydrogen (secondary N) is 1. The number of rotatable bonds is 7. The molecule has 1 aliphatic rings. The van der Waals surface area contributed by atoms with E-state index in [-0.39, 0.29) is 0 Å². The summed E-state index contributed by atoms with van der Waals surface area (Å²) >= 11 is 0. The van der Waals surface area contributed by atoms with Crippen molar-refractivity contribution < 1.29 is 4.74 Å². The lowest BCUT2D eigenvalue weighted by atomic mass is 10.1. The van der Waals surface area contributed by atoms with Gasteiger partial charge in [-0.05, 0) is 38.3 Å². The summed E-state index contributed by atoms with van der Waals surface area (Å²) in [4.78, 5) is 2.49. The van der Waals surface area contributed by atoms with Crippen molar-refractivity contribution in [3.63, 3.8) is 0 Å². The standard InChI is InChI=1S/C11H23N3O/c1-15-9-10-5-7-14(8-10)6-3-2-4-11(12)13/h10H,2-9H2,1H3,(H3,12,13). The van der Waals surface area contributed by atoms with Crippen LogP contribution in [0.25, 0.3) is 0 Å². The second-order valence-corrected chi connectivity index (χ2v) is 4.39. The molecule has 1 rings (SSSR count). The van der Waals surface area contributed by atoms with Crippen LogP contribution in [0.3, 0.4) is 0 Å². The highest BCUT2D eigenvalue weighted by Crippen LogP contribution is 2.16. The molecule has 0 saturated carbocycles. The van der Waals surface area contributed by atoms with Gasteiger partial charge in [-0.2, -0.15) is 0 Å². The Labute approximate surface area is 92.3 Å². The molecule has 1 aliphatic heterocycles. The molecule has 1 atom stereocenters. The predicted molar refractivity (Wildman–Crippen MR) is 62.2 cm³/mol. The van der Waals surface area contributed by atoms with E-state index in [1.807, 2.05) is 0 Å². The zero-order valence-electron chi connectivity index (χ0n) is 9.67. The molecule has 1 fully saturated rings. The smallest absolute Gasteiger partial charge is 0.0905 e. The number of likely N-dealkylation sites (tertiary alicyclic amines) is 1. The molecule has 0 aliphatic carbocycles. The molecule has 4 heteroatoms. The molecule has 1 heterocycles. The maximum absolute atomic E-state index is 7.12. The van der Waals surface area contributed by atoms with Crippen LogP contribution in [0.5, 0.6) is 0 Å². The summed E-state index contributed by atoms with van der Waals surface area (Å²) in [5.41, 5.74) is 5.30. The molecule has 0 bridgehead atoms. The topological polar surface area (TPSA) is 62.3 Å². The van der Waals surface area contributed by atoms with E-state index in [1.165, 1.54) is 19.5 Å². The molecule has 88 valence electrons. The normalized spacial score (nSPS) is 22.1. The van der Waals surface area contributed by atoms with Gasteiger partial charge in [0.05, 0.1) is 12.4 Å². The van der Waals surface area contributed by atoms with Gasteiger partial charge in [0.15, 0.2) is 0 Å². The second kappa shape index (κ2) is 6.80. The van der Waals surface area contributed by atoms with Crippen molar-refractivity contribution in [2.45, 2.75) is 25.7 Å². The fourth-order valence-corrected chi connectivity index (χ4v) is 2.14. The molecule has 3 N–H and O–H groups in total. The van der Waals surface area contributed by atoms with Crippen LogP contribution in [0.2, 0.25) is 0 Å². The summed E-state index contributed by atoms with van der Waals surface area (Å²) < 4.78 is 5.16. The zero-order valence-corrected chi connectivity index (χ0v) is 9.67. The maximum atomic E-state index is 7.12. The summed E-state index contributed by atoms with van der Waals surface area (Å²) in [6.45, 7) is 4.42. The van der Waals surface area contributed by atoms with Crippen LogP contribution in [-0.4, -0.2) is 44.1 Å². The molecule has 0 aromatic carbocycles. The summed E-state index contributed by atoms with van der Waals surface area (Å²) in [6, 6.07) is 0. The first kappa shape index (κ1) is 12.5. The van der Waals surface area contributed by atoms with Crippen LogP contribution in [0.15, 0.2) is 0 Å². The Morgan fingerprint density at radius 1 is 1.53 bits per heavy atom. The van der Waals surface area contributed by atoms with E-state index < -0.39 is 0 Å². The largest absolute Gasteiger partial charge is 0.388 e. The highest BCUT2D eigenvalue weighted by molar-refractivity contribution is 5.76. The van der Waals surface area contributed by atoms with Crippen molar-refractivity contribution in [2.24, 2.45) is 11.7 Å². The van der Waals surface area contributed by atoms with Gasteiger partial charge in [0.2, 0.25) is 0 Å². The molecule has 0 aromatic heterocycles. The van der Waals surface area contributed by atoms with Crippen LogP contribution in [-0.2, 0) is 4.74 Å². The van der Waals surface area contributed by atoms with E-state index >= 15 is 0 Å². The van der Waals surface area contributed by atoms with Gasteiger partial charge < -0.3 is 15.4 Å². The predicted octanol–water partition coefficient (Wildman–Crippen LogP) is 1.06. The van der Waals surface area contributed by atoms with Crippen LogP contribution in [0.1, 0.15) is 25.7 Å². The molecule has 0 aromatic rings. The Bertz CT molecular complexity index is 196. The lowest BCUT2D eigenvalue weighted by Crippen LogP contribution is -2.23. The van der Waals surface area contributed by atoms with Crippen LogP contribution >= 0.6 is 0 Å². The van der Waals surface area contributed by atoms with E-state index in [1.54, 1.807) is 7.11 Å². The number of hydrogen-bond donors (Lipinski definition) is 2. The third kappa shape index (κ3) is 5.14. The van der Waals surface area contributed by atoms with Gasteiger partial charge in [-0.3, -0.25) is 5.41 Å². The van der Waals surface area contributed by atoms with Crippen molar-refractivity contribution >= 4 is 5.84 Å². The third-order valence-electron chi connectivity index (χ3n) is 2.94. The summed E-state index contributed by atoms with van der Waals surface area (Å²) in [6.07, 6.45) is 4.20. The Balaban J connectivity index is 2.01. The van der Waals surface area contributed by atoms with Gasteiger partial charge in [0.25, 0.3) is 0 Å². The summed E-state index contributed by atoms with van der Waals surface area (Å²) in [7, 11) is 1.77. The molecular formula is C11H23N3O. The first-order valence-electron chi connectivity index (χ1n) is 5.76. The fourth-order valence-electron chi connectivity index (χ4n) is 2.14. The molecule has 4 nitrogen and oxygen atoms in total. The monoisotopic (exact) mass is 213 g/mol. The molecular weight excluding hydrogens is 190 g/mol. The Kier molecular flexibility index (Phi) is 5.65. The van der Waals surface area contributed by atoms with Gasteiger partial charge in [0.1, 0.15) is 0 Å². The van der Waals surface area contributed by atoms with Crippen molar-refractivity contribution in [1.82, 2.24) is 4.90 Å². The van der Waals surface area contributed by atoms with Crippen molar-refractivity contribution in [3.8, 4) is 0 Å². The van der Waals surface area contributed by atoms with Gasteiger partial charge in [0, 0.05) is 20.1 Å². The van der Waals surface area contributed by atoms with Crippen LogP contribution in [0.4, 0.5) is 0 Å². The van der Waals surface area contributed by atoms with Crippen molar-refractivity contribution in [2.75, 3.05) is 33.4 Å². The minimum absolute atomic E-state index is 0.314. The number of unbranched alkanes of at least 4 members (excludes halogenated alkanes) is 1. The fraction of sp³-hybridized carbons (Fsp3) is 0.909. The average molecular weight is 213 g/mol. The lowest BCUT2D eigenvalue weighted by molar-refractivity contribution is 0.153. The van der Waals surface area contributed by atoms with Crippen molar-refractivity contribution in [3.05, 3.63) is 0 Å². The van der Waals surface area contributed by atoms with E-state index in [0.717, 1.165) is 38.3 Å². The highest BCUT2D eigenvalue weighted by Gasteiger charge is 2.21. The quantitative estimate of drug-likeness (QED) is 0.377. The SMILES string of the molecule is COCC1CCN(CCCCC(=N)N)C1. The maximum Gasteiger partial charge on any atom is 0.0905 e. The number of methoxy groups -OCH3 is 1. The Hall–Kier alpha value is -0.610. The van der Waals surface area contributed by atoms with Gasteiger partial charge in [-0.1, -0.05) is 0 Å². The Morgan fingerprint density at radius 3 is 3.00 bits per heavy atom. The number of amidine groups is 1. The van der Waals surface area contributed by atoms with Gasteiger partial charge in [-0.25, -0.2) is 0 Å². The molecule has 1 saturated heterocycles. The molecule has 0 amide bonds. The van der Waals surface area contributed by atoms with E-state index in [2.05, 4.69) is 4.90 Å². The Morgan fingerprint density at radius 2 is 2.33 bits per heavy atom. The van der Waals surface area contributed by atoms with Crippen LogP contribution in [0, 0.1) is 11.3 Å². The second-order valence-electron chi connectivity index (χ2n) is 4.39. The van der Waals surface area contributed by atoms with E-state index in [0.29, 0.717) is 5.84 Å². The minimum atomic E-state index is 0.314. The molecule has 15 heavy (non-hydrogen) atoms. The van der Waals surface area contributed by atoms with Gasteiger partial charge >= 0.3 is 0 Å². The molecule has 1 unspecified atom stereocenters. The number of nitrogens with two attached hydrogens (primary N) is 1.